The van der Waals surface area contributed by atoms with Gasteiger partial charge in [0, 0.05) is 6.54 Å². The van der Waals surface area contributed by atoms with Gasteiger partial charge in [0.05, 0.1) is 23.4 Å². The largest absolute Gasteiger partial charge is 0.484 e. The molecule has 1 unspecified atom stereocenters. The zero-order valence-corrected chi connectivity index (χ0v) is 13.2. The van der Waals surface area contributed by atoms with Gasteiger partial charge in [0.15, 0.2) is 11.7 Å². The third-order valence-corrected chi connectivity index (χ3v) is 4.16. The standard InChI is InChI=1S/C14H14F3N3O3S/c15-14(16,17)7-23-8-1-2-9-11(5-8)24-13(19-9)20-12(21)10-6-22-4-3-18-10/h1-2,5,10,18H,3-4,6-7H2,(H,19,20,21). The predicted molar refractivity (Wildman–Crippen MR) is 82.4 cm³/mol. The van der Waals surface area contributed by atoms with Crippen LogP contribution >= 0.6 is 11.3 Å². The van der Waals surface area contributed by atoms with Crippen molar-refractivity contribution in [2.24, 2.45) is 0 Å². The number of hydrogen-bond acceptors (Lipinski definition) is 6. The molecule has 0 saturated carbocycles. The third-order valence-electron chi connectivity index (χ3n) is 3.23. The Balaban J connectivity index is 1.68. The van der Waals surface area contributed by atoms with Crippen molar-refractivity contribution in [2.75, 3.05) is 31.7 Å². The van der Waals surface area contributed by atoms with Gasteiger partial charge in [-0.1, -0.05) is 11.3 Å². The van der Waals surface area contributed by atoms with E-state index in [1.54, 1.807) is 6.07 Å². The summed E-state index contributed by atoms with van der Waals surface area (Å²) < 4.78 is 47.1. The number of halogens is 3. The Morgan fingerprint density at radius 3 is 3.04 bits per heavy atom. The van der Waals surface area contributed by atoms with E-state index >= 15 is 0 Å². The smallest absolute Gasteiger partial charge is 0.422 e. The fraction of sp³-hybridized carbons (Fsp3) is 0.429. The lowest BCUT2D eigenvalue weighted by atomic mass is 10.2. The number of nitrogens with zero attached hydrogens (tertiary/aromatic N) is 1. The molecule has 3 rings (SSSR count). The number of thiazole rings is 1. The molecule has 0 aliphatic carbocycles. The van der Waals surface area contributed by atoms with E-state index in [-0.39, 0.29) is 18.3 Å². The SMILES string of the molecule is O=C(Nc1nc2ccc(OCC(F)(F)F)cc2s1)C1COCCN1. The summed E-state index contributed by atoms with van der Waals surface area (Å²) in [6.07, 6.45) is -4.39. The highest BCUT2D eigenvalue weighted by Crippen LogP contribution is 2.30. The number of alkyl halides is 3. The van der Waals surface area contributed by atoms with E-state index in [9.17, 15) is 18.0 Å². The van der Waals surface area contributed by atoms with Crippen molar-refractivity contribution in [1.82, 2.24) is 10.3 Å². The van der Waals surface area contributed by atoms with Crippen molar-refractivity contribution < 1.29 is 27.4 Å². The van der Waals surface area contributed by atoms with Crippen LogP contribution in [-0.4, -0.2) is 49.5 Å². The van der Waals surface area contributed by atoms with Gasteiger partial charge in [0.2, 0.25) is 5.91 Å². The van der Waals surface area contributed by atoms with Crippen LogP contribution in [0.25, 0.3) is 10.2 Å². The molecule has 0 spiro atoms. The Bertz CT molecular complexity index is 729. The van der Waals surface area contributed by atoms with Crippen LogP contribution in [0.3, 0.4) is 0 Å². The zero-order valence-electron chi connectivity index (χ0n) is 12.4. The van der Waals surface area contributed by atoms with Crippen molar-refractivity contribution in [3.63, 3.8) is 0 Å². The molecule has 1 saturated heterocycles. The van der Waals surface area contributed by atoms with Crippen molar-refractivity contribution >= 4 is 32.6 Å². The average Bonchev–Trinajstić information content (AvgIpc) is 2.94. The summed E-state index contributed by atoms with van der Waals surface area (Å²) in [6.45, 7) is 0.0872. The molecule has 10 heteroatoms. The van der Waals surface area contributed by atoms with Crippen LogP contribution in [0.2, 0.25) is 0 Å². The van der Waals surface area contributed by atoms with Crippen molar-refractivity contribution in [1.29, 1.82) is 0 Å². The molecule has 0 bridgehead atoms. The number of hydrogen-bond donors (Lipinski definition) is 2. The monoisotopic (exact) mass is 361 g/mol. The second-order valence-electron chi connectivity index (χ2n) is 5.12. The van der Waals surface area contributed by atoms with Crippen LogP contribution in [0, 0.1) is 0 Å². The normalized spacial score (nSPS) is 18.5. The lowest BCUT2D eigenvalue weighted by Gasteiger charge is -2.22. The number of aromatic nitrogens is 1. The van der Waals surface area contributed by atoms with Crippen molar-refractivity contribution in [3.8, 4) is 5.75 Å². The highest BCUT2D eigenvalue weighted by molar-refractivity contribution is 7.22. The highest BCUT2D eigenvalue weighted by Gasteiger charge is 2.28. The average molecular weight is 361 g/mol. The Kier molecular flexibility index (Phi) is 4.88. The summed E-state index contributed by atoms with van der Waals surface area (Å²) >= 11 is 1.16. The maximum atomic E-state index is 12.2. The molecule has 2 aromatic rings. The second kappa shape index (κ2) is 6.91. The fourth-order valence-corrected chi connectivity index (χ4v) is 3.04. The minimum atomic E-state index is -4.39. The summed E-state index contributed by atoms with van der Waals surface area (Å²) in [5.74, 6) is -0.161. The van der Waals surface area contributed by atoms with Gasteiger partial charge in [0.25, 0.3) is 0 Å². The van der Waals surface area contributed by atoms with Gasteiger partial charge in [0.1, 0.15) is 11.8 Å². The first kappa shape index (κ1) is 16.9. The molecule has 0 radical (unpaired) electrons. The maximum absolute atomic E-state index is 12.2. The van der Waals surface area contributed by atoms with Crippen LogP contribution in [-0.2, 0) is 9.53 Å². The lowest BCUT2D eigenvalue weighted by Crippen LogP contribution is -2.48. The van der Waals surface area contributed by atoms with Gasteiger partial charge in [-0.15, -0.1) is 0 Å². The number of anilines is 1. The Morgan fingerprint density at radius 1 is 1.50 bits per heavy atom. The number of morpholine rings is 1. The number of carbonyl (C=O) groups excluding carboxylic acids is 1. The van der Waals surface area contributed by atoms with E-state index in [0.717, 1.165) is 11.3 Å². The molecule has 24 heavy (non-hydrogen) atoms. The molecule has 6 nitrogen and oxygen atoms in total. The van der Waals surface area contributed by atoms with E-state index in [0.29, 0.717) is 28.5 Å². The van der Waals surface area contributed by atoms with Gasteiger partial charge in [-0.25, -0.2) is 4.98 Å². The number of fused-ring (bicyclic) bond motifs is 1. The first-order valence-electron chi connectivity index (χ1n) is 7.13. The number of amides is 1. The maximum Gasteiger partial charge on any atom is 0.422 e. The van der Waals surface area contributed by atoms with Crippen LogP contribution in [0.1, 0.15) is 0 Å². The molecule has 1 atom stereocenters. The number of nitrogens with one attached hydrogen (secondary N) is 2. The van der Waals surface area contributed by atoms with Crippen LogP contribution in [0.5, 0.6) is 5.75 Å². The van der Waals surface area contributed by atoms with E-state index < -0.39 is 18.8 Å². The van der Waals surface area contributed by atoms with Crippen molar-refractivity contribution in [3.05, 3.63) is 18.2 Å². The quantitative estimate of drug-likeness (QED) is 0.873. The van der Waals surface area contributed by atoms with Gasteiger partial charge in [-0.3, -0.25) is 4.79 Å². The molecule has 1 aromatic carbocycles. The van der Waals surface area contributed by atoms with Gasteiger partial charge in [-0.2, -0.15) is 13.2 Å². The lowest BCUT2D eigenvalue weighted by molar-refractivity contribution is -0.153. The minimum Gasteiger partial charge on any atom is -0.484 e. The Morgan fingerprint density at radius 2 is 2.33 bits per heavy atom. The molecule has 1 fully saturated rings. The van der Waals surface area contributed by atoms with Gasteiger partial charge >= 0.3 is 6.18 Å². The van der Waals surface area contributed by atoms with Crippen LogP contribution in [0.4, 0.5) is 18.3 Å². The summed E-state index contributed by atoms with van der Waals surface area (Å²) in [5.41, 5.74) is 0.572. The van der Waals surface area contributed by atoms with Crippen LogP contribution in [0.15, 0.2) is 18.2 Å². The molecule has 1 aliphatic rings. The number of carbonyl (C=O) groups is 1. The van der Waals surface area contributed by atoms with Gasteiger partial charge < -0.3 is 20.1 Å². The fourth-order valence-electron chi connectivity index (χ4n) is 2.14. The summed E-state index contributed by atoms with van der Waals surface area (Å²) in [6, 6.07) is 3.98. The van der Waals surface area contributed by atoms with Crippen molar-refractivity contribution in [2.45, 2.75) is 12.2 Å². The van der Waals surface area contributed by atoms with E-state index in [1.807, 2.05) is 0 Å². The number of rotatable bonds is 4. The highest BCUT2D eigenvalue weighted by atomic mass is 32.1. The minimum absolute atomic E-state index is 0.101. The number of benzene rings is 1. The second-order valence-corrected chi connectivity index (χ2v) is 6.15. The third kappa shape index (κ3) is 4.34. The molecule has 1 aliphatic heterocycles. The molecule has 130 valence electrons. The summed E-state index contributed by atoms with van der Waals surface area (Å²) in [4.78, 5) is 16.3. The van der Waals surface area contributed by atoms with Gasteiger partial charge in [-0.05, 0) is 18.2 Å². The molecule has 1 amide bonds. The summed E-state index contributed by atoms with van der Waals surface area (Å²) in [7, 11) is 0. The molecule has 2 heterocycles. The molecule has 1 aromatic heterocycles. The van der Waals surface area contributed by atoms with E-state index in [2.05, 4.69) is 15.6 Å². The zero-order chi connectivity index (χ0) is 17.2. The molecular formula is C14H14F3N3O3S. The Labute approximate surface area is 139 Å². The topological polar surface area (TPSA) is 72.5 Å². The predicted octanol–water partition coefficient (Wildman–Crippen LogP) is 2.16. The first-order valence-corrected chi connectivity index (χ1v) is 7.94. The first-order chi connectivity index (χ1) is 11.4. The van der Waals surface area contributed by atoms with Crippen LogP contribution < -0.4 is 15.4 Å². The molecule has 2 N–H and O–H groups in total. The Hall–Kier alpha value is -1.91. The molecular weight excluding hydrogens is 347 g/mol. The van der Waals surface area contributed by atoms with E-state index in [1.165, 1.54) is 12.1 Å². The van der Waals surface area contributed by atoms with E-state index in [4.69, 9.17) is 9.47 Å². The number of ether oxygens (including phenoxy) is 2. The summed E-state index contributed by atoms with van der Waals surface area (Å²) in [5, 5.41) is 6.08.